The molecule has 0 spiro atoms. The molecule has 0 bridgehead atoms. The van der Waals surface area contributed by atoms with Gasteiger partial charge in [-0.15, -0.1) is 0 Å². The van der Waals surface area contributed by atoms with Crippen LogP contribution in [0.25, 0.3) is 11.3 Å². The normalized spacial score (nSPS) is 9.92. The molecule has 1 aromatic carbocycles. The summed E-state index contributed by atoms with van der Waals surface area (Å²) in [5.41, 5.74) is 7.63. The van der Waals surface area contributed by atoms with E-state index < -0.39 is 0 Å². The van der Waals surface area contributed by atoms with Crippen molar-refractivity contribution in [3.8, 4) is 11.3 Å². The Labute approximate surface area is 168 Å². The van der Waals surface area contributed by atoms with Crippen molar-refractivity contribution in [1.29, 1.82) is 0 Å². The molecule has 0 unspecified atom stereocenters. The predicted octanol–water partition coefficient (Wildman–Crippen LogP) is 3.00. The second kappa shape index (κ2) is 13.7. The number of hydrogen-bond acceptors (Lipinski definition) is 6. The average molecular weight is 461 g/mol. The van der Waals surface area contributed by atoms with Crippen molar-refractivity contribution in [2.24, 2.45) is 5.73 Å². The van der Waals surface area contributed by atoms with Crippen LogP contribution in [0.15, 0.2) is 34.8 Å². The number of carboxylic acid groups (broad SMARTS) is 1. The van der Waals surface area contributed by atoms with Gasteiger partial charge in [0.1, 0.15) is 5.69 Å². The maximum Gasteiger partial charge on any atom is 0.290 e. The van der Waals surface area contributed by atoms with Gasteiger partial charge in [-0.25, -0.2) is 0 Å². The summed E-state index contributed by atoms with van der Waals surface area (Å²) in [4.78, 5) is 20.4. The molecule has 7 nitrogen and oxygen atoms in total. The molecule has 10 heteroatoms. The summed E-state index contributed by atoms with van der Waals surface area (Å²) in [7, 11) is 3.56. The van der Waals surface area contributed by atoms with Gasteiger partial charge in [-0.3, -0.25) is 14.7 Å². The Kier molecular flexibility index (Phi) is 11.9. The maximum absolute atomic E-state index is 12.1. The monoisotopic (exact) mass is 460 g/mol. The quantitative estimate of drug-likeness (QED) is 0.257. The van der Waals surface area contributed by atoms with E-state index in [1.54, 1.807) is 27.7 Å². The molecular weight excluding hydrogens is 440 g/mol. The maximum atomic E-state index is 12.1. The first-order chi connectivity index (χ1) is 12.6. The molecule has 1 amide bonds. The number of aromatic nitrogens is 2. The van der Waals surface area contributed by atoms with Crippen LogP contribution in [0.4, 0.5) is 0 Å². The van der Waals surface area contributed by atoms with Gasteiger partial charge >= 0.3 is 0 Å². The molecular formula is C16H21BrN4O3S2. The number of nitrogens with two attached hydrogens (primary N) is 1. The van der Waals surface area contributed by atoms with Gasteiger partial charge in [-0.1, -0.05) is 49.7 Å². The smallest absolute Gasteiger partial charge is 0.290 e. The SMILES string of the molecule is NCCSSCCCNC(=O)c1cc(-c2ccc(Br)cc2)n[nH]1.O=CO. The van der Waals surface area contributed by atoms with E-state index in [1.165, 1.54) is 0 Å². The van der Waals surface area contributed by atoms with Crippen molar-refractivity contribution in [3.05, 3.63) is 40.5 Å². The fourth-order valence-corrected chi connectivity index (χ4v) is 4.01. The number of nitrogens with zero attached hydrogens (tertiary/aromatic N) is 1. The Morgan fingerprint density at radius 2 is 1.96 bits per heavy atom. The summed E-state index contributed by atoms with van der Waals surface area (Å²) in [5, 5.41) is 16.8. The second-order valence-electron chi connectivity index (χ2n) is 4.82. The van der Waals surface area contributed by atoms with E-state index >= 15 is 0 Å². The van der Waals surface area contributed by atoms with Crippen LogP contribution >= 0.6 is 37.5 Å². The zero-order chi connectivity index (χ0) is 19.2. The van der Waals surface area contributed by atoms with E-state index in [0.717, 1.165) is 33.7 Å². The fourth-order valence-electron chi connectivity index (χ4n) is 1.80. The average Bonchev–Trinajstić information content (AvgIpc) is 3.12. The van der Waals surface area contributed by atoms with Crippen LogP contribution < -0.4 is 11.1 Å². The number of carbonyl (C=O) groups excluding carboxylic acids is 1. The minimum absolute atomic E-state index is 0.125. The molecule has 0 saturated heterocycles. The van der Waals surface area contributed by atoms with Gasteiger partial charge in [-0.2, -0.15) is 5.10 Å². The van der Waals surface area contributed by atoms with Crippen LogP contribution in [-0.4, -0.2) is 52.3 Å². The summed E-state index contributed by atoms with van der Waals surface area (Å²) < 4.78 is 1.01. The highest BCUT2D eigenvalue weighted by Gasteiger charge is 2.10. The van der Waals surface area contributed by atoms with Crippen molar-refractivity contribution < 1.29 is 14.7 Å². The van der Waals surface area contributed by atoms with E-state index in [0.29, 0.717) is 18.8 Å². The van der Waals surface area contributed by atoms with Crippen LogP contribution in [0.2, 0.25) is 0 Å². The molecule has 2 aromatic rings. The van der Waals surface area contributed by atoms with Gasteiger partial charge in [0.05, 0.1) is 5.69 Å². The number of hydrogen-bond donors (Lipinski definition) is 4. The number of benzene rings is 1. The lowest BCUT2D eigenvalue weighted by molar-refractivity contribution is -0.122. The summed E-state index contributed by atoms with van der Waals surface area (Å²) in [6.45, 7) is 1.11. The molecule has 0 aliphatic heterocycles. The van der Waals surface area contributed by atoms with Crippen LogP contribution in [0.1, 0.15) is 16.9 Å². The number of nitrogens with one attached hydrogen (secondary N) is 2. The van der Waals surface area contributed by atoms with Crippen LogP contribution in [0.3, 0.4) is 0 Å². The van der Waals surface area contributed by atoms with Crippen molar-refractivity contribution in [2.75, 3.05) is 24.6 Å². The Balaban J connectivity index is 0.00000105. The first-order valence-corrected chi connectivity index (χ1v) is 11.0. The third-order valence-corrected chi connectivity index (χ3v) is 5.99. The molecule has 0 aliphatic rings. The first kappa shape index (κ1) is 22.6. The predicted molar refractivity (Wildman–Crippen MR) is 111 cm³/mol. The Hall–Kier alpha value is -1.49. The van der Waals surface area contributed by atoms with Crippen molar-refractivity contribution in [2.45, 2.75) is 6.42 Å². The first-order valence-electron chi connectivity index (χ1n) is 7.74. The number of amides is 1. The third-order valence-electron chi connectivity index (χ3n) is 2.94. The van der Waals surface area contributed by atoms with Crippen LogP contribution in [0, 0.1) is 0 Å². The minimum atomic E-state index is -0.250. The molecule has 0 saturated carbocycles. The lowest BCUT2D eigenvalue weighted by Gasteiger charge is -2.03. The van der Waals surface area contributed by atoms with Crippen molar-refractivity contribution in [3.63, 3.8) is 0 Å². The highest BCUT2D eigenvalue weighted by Crippen LogP contribution is 2.21. The van der Waals surface area contributed by atoms with E-state index in [4.69, 9.17) is 15.6 Å². The van der Waals surface area contributed by atoms with Gasteiger partial charge in [0.25, 0.3) is 12.4 Å². The van der Waals surface area contributed by atoms with Gasteiger partial charge in [0.2, 0.25) is 0 Å². The zero-order valence-corrected chi connectivity index (χ0v) is 17.2. The number of H-pyrrole nitrogens is 1. The summed E-state index contributed by atoms with van der Waals surface area (Å²) in [5.74, 6) is 1.84. The molecule has 0 fully saturated rings. The highest BCUT2D eigenvalue weighted by atomic mass is 79.9. The summed E-state index contributed by atoms with van der Waals surface area (Å²) in [6.07, 6.45) is 0.932. The van der Waals surface area contributed by atoms with E-state index in [2.05, 4.69) is 31.4 Å². The Morgan fingerprint density at radius 3 is 2.62 bits per heavy atom. The molecule has 0 atom stereocenters. The highest BCUT2D eigenvalue weighted by molar-refractivity contribution is 9.10. The number of rotatable bonds is 9. The number of carbonyl (C=O) groups is 2. The Bertz CT molecular complexity index is 668. The number of halogens is 1. The molecule has 26 heavy (non-hydrogen) atoms. The summed E-state index contributed by atoms with van der Waals surface area (Å²) in [6, 6.07) is 9.58. The second-order valence-corrected chi connectivity index (χ2v) is 8.44. The van der Waals surface area contributed by atoms with E-state index in [9.17, 15) is 4.79 Å². The van der Waals surface area contributed by atoms with E-state index in [-0.39, 0.29) is 12.4 Å². The molecule has 1 aromatic heterocycles. The molecule has 2 rings (SSSR count). The lowest BCUT2D eigenvalue weighted by atomic mass is 10.1. The molecule has 0 aliphatic carbocycles. The van der Waals surface area contributed by atoms with Gasteiger partial charge in [0, 0.05) is 34.6 Å². The minimum Gasteiger partial charge on any atom is -0.483 e. The lowest BCUT2D eigenvalue weighted by Crippen LogP contribution is -2.25. The van der Waals surface area contributed by atoms with Crippen molar-refractivity contribution >= 4 is 49.9 Å². The zero-order valence-electron chi connectivity index (χ0n) is 14.0. The van der Waals surface area contributed by atoms with Crippen molar-refractivity contribution in [1.82, 2.24) is 15.5 Å². The van der Waals surface area contributed by atoms with Gasteiger partial charge in [-0.05, 0) is 24.6 Å². The topological polar surface area (TPSA) is 121 Å². The largest absolute Gasteiger partial charge is 0.483 e. The Morgan fingerprint density at radius 1 is 1.31 bits per heavy atom. The molecule has 142 valence electrons. The van der Waals surface area contributed by atoms with Gasteiger partial charge < -0.3 is 16.2 Å². The van der Waals surface area contributed by atoms with Gasteiger partial charge in [0.15, 0.2) is 0 Å². The van der Waals surface area contributed by atoms with Crippen LogP contribution in [0.5, 0.6) is 0 Å². The standard InChI is InChI=1S/C15H19BrN4OS2.CH2O2/c16-12-4-2-11(3-5-12)13-10-14(20-19-13)15(21)18-7-1-8-22-23-9-6-17;2-1-3/h2-5,10H,1,6-9,17H2,(H,18,21)(H,19,20);1H,(H,2,3). The summed E-state index contributed by atoms with van der Waals surface area (Å²) >= 11 is 3.40. The number of aromatic amines is 1. The molecule has 0 radical (unpaired) electrons. The van der Waals surface area contributed by atoms with Crippen LogP contribution in [-0.2, 0) is 4.79 Å². The third kappa shape index (κ3) is 8.75. The van der Waals surface area contributed by atoms with E-state index in [1.807, 2.05) is 24.3 Å². The molecule has 5 N–H and O–H groups in total. The molecule has 1 heterocycles. The fraction of sp³-hybridized carbons (Fsp3) is 0.312.